The van der Waals surface area contributed by atoms with Crippen LogP contribution in [0.5, 0.6) is 0 Å². The van der Waals surface area contributed by atoms with Gasteiger partial charge in [0.25, 0.3) is 5.56 Å². The van der Waals surface area contributed by atoms with Gasteiger partial charge in [0.2, 0.25) is 0 Å². The molecule has 6 heteroatoms. The normalized spacial score (nSPS) is 11.1. The topological polar surface area (TPSA) is 65.8 Å². The van der Waals surface area contributed by atoms with E-state index >= 15 is 0 Å². The molecule has 0 unspecified atom stereocenters. The van der Waals surface area contributed by atoms with E-state index in [0.29, 0.717) is 6.54 Å². The number of nitrogens with two attached hydrogens (primary N) is 1. The minimum atomic E-state index is -0.323. The molecule has 0 spiro atoms. The molecular formula is C15H15FN4O. The fourth-order valence-electron chi connectivity index (χ4n) is 2.57. The second kappa shape index (κ2) is 5.05. The molecule has 0 bridgehead atoms. The largest absolute Gasteiger partial charge is 0.379 e. The quantitative estimate of drug-likeness (QED) is 0.800. The zero-order chi connectivity index (χ0) is 15.0. The van der Waals surface area contributed by atoms with E-state index in [1.165, 1.54) is 22.9 Å². The minimum absolute atomic E-state index is 0.0253. The first kappa shape index (κ1) is 13.4. The predicted octanol–water partition coefficient (Wildman–Crippen LogP) is 1.99. The molecule has 2 heterocycles. The summed E-state index contributed by atoms with van der Waals surface area (Å²) >= 11 is 0. The molecule has 0 aliphatic carbocycles. The van der Waals surface area contributed by atoms with E-state index in [9.17, 15) is 9.18 Å². The molecule has 3 rings (SSSR count). The van der Waals surface area contributed by atoms with Crippen LogP contribution in [0.25, 0.3) is 10.9 Å². The summed E-state index contributed by atoms with van der Waals surface area (Å²) in [6, 6.07) is 6.58. The number of rotatable bonds is 3. The summed E-state index contributed by atoms with van der Waals surface area (Å²) in [5.41, 5.74) is 7.09. The van der Waals surface area contributed by atoms with Crippen molar-refractivity contribution in [3.63, 3.8) is 0 Å². The Morgan fingerprint density at radius 3 is 2.90 bits per heavy atom. The summed E-state index contributed by atoms with van der Waals surface area (Å²) in [6.45, 7) is 3.12. The molecule has 0 aliphatic rings. The van der Waals surface area contributed by atoms with Crippen LogP contribution in [0, 0.1) is 5.82 Å². The second-order valence-electron chi connectivity index (χ2n) is 4.83. The maximum atomic E-state index is 13.3. The molecule has 1 aromatic carbocycles. The van der Waals surface area contributed by atoms with E-state index in [1.807, 2.05) is 13.0 Å². The maximum absolute atomic E-state index is 13.3. The number of benzene rings is 1. The van der Waals surface area contributed by atoms with Gasteiger partial charge in [0.15, 0.2) is 5.82 Å². The third-order valence-electron chi connectivity index (χ3n) is 3.54. The first-order chi connectivity index (χ1) is 10.1. The zero-order valence-electron chi connectivity index (χ0n) is 11.6. The highest BCUT2D eigenvalue weighted by molar-refractivity contribution is 5.81. The van der Waals surface area contributed by atoms with Crippen LogP contribution < -0.4 is 11.3 Å². The van der Waals surface area contributed by atoms with Crippen molar-refractivity contribution in [2.75, 3.05) is 5.73 Å². The van der Waals surface area contributed by atoms with Gasteiger partial charge in [-0.05, 0) is 31.2 Å². The van der Waals surface area contributed by atoms with Crippen LogP contribution in [0.4, 0.5) is 10.2 Å². The SMILES string of the molecule is CCn1c(Cn2ccnc(N)c2=O)cc2cc(F)ccc21. The summed E-state index contributed by atoms with van der Waals surface area (Å²) in [4.78, 5) is 15.7. The first-order valence-corrected chi connectivity index (χ1v) is 6.68. The molecule has 0 atom stereocenters. The number of nitrogens with zero attached hydrogens (tertiary/aromatic N) is 3. The Morgan fingerprint density at radius 2 is 2.14 bits per heavy atom. The van der Waals surface area contributed by atoms with Crippen molar-refractivity contribution >= 4 is 16.7 Å². The molecule has 0 radical (unpaired) electrons. The summed E-state index contributed by atoms with van der Waals surface area (Å²) in [5, 5.41) is 0.821. The molecular weight excluding hydrogens is 271 g/mol. The number of anilines is 1. The van der Waals surface area contributed by atoms with Crippen LogP contribution >= 0.6 is 0 Å². The monoisotopic (exact) mass is 286 g/mol. The Balaban J connectivity index is 2.12. The molecule has 0 amide bonds. The molecule has 0 fully saturated rings. The summed E-state index contributed by atoms with van der Waals surface area (Å²) in [6.07, 6.45) is 3.09. The van der Waals surface area contributed by atoms with E-state index in [-0.39, 0.29) is 17.2 Å². The van der Waals surface area contributed by atoms with E-state index in [2.05, 4.69) is 9.55 Å². The van der Waals surface area contributed by atoms with Gasteiger partial charge in [-0.1, -0.05) is 0 Å². The van der Waals surface area contributed by atoms with Crippen LogP contribution in [-0.4, -0.2) is 14.1 Å². The standard InChI is InChI=1S/C15H15FN4O/c1-2-20-12(8-10-7-11(16)3-4-13(10)20)9-19-6-5-18-14(17)15(19)21/h3-8H,2,9H2,1H3,(H2,17,18). The van der Waals surface area contributed by atoms with E-state index in [4.69, 9.17) is 5.73 Å². The van der Waals surface area contributed by atoms with E-state index in [0.717, 1.165) is 23.1 Å². The van der Waals surface area contributed by atoms with Gasteiger partial charge in [-0.25, -0.2) is 9.37 Å². The van der Waals surface area contributed by atoms with Gasteiger partial charge in [0.05, 0.1) is 6.54 Å². The van der Waals surface area contributed by atoms with Crippen molar-refractivity contribution in [2.45, 2.75) is 20.0 Å². The van der Waals surface area contributed by atoms with Crippen molar-refractivity contribution in [3.05, 3.63) is 58.5 Å². The highest BCUT2D eigenvalue weighted by Gasteiger charge is 2.10. The summed E-state index contributed by atoms with van der Waals surface area (Å²) in [5.74, 6) is -0.296. The number of aryl methyl sites for hydroxylation is 1. The van der Waals surface area contributed by atoms with E-state index < -0.39 is 0 Å². The smallest absolute Gasteiger partial charge is 0.293 e. The Labute approximate surface area is 120 Å². The maximum Gasteiger partial charge on any atom is 0.293 e. The lowest BCUT2D eigenvalue weighted by Crippen LogP contribution is -2.24. The Kier molecular flexibility index (Phi) is 3.21. The number of aromatic nitrogens is 3. The first-order valence-electron chi connectivity index (χ1n) is 6.68. The predicted molar refractivity (Wildman–Crippen MR) is 79.6 cm³/mol. The highest BCUT2D eigenvalue weighted by atomic mass is 19.1. The fraction of sp³-hybridized carbons (Fsp3) is 0.200. The van der Waals surface area contributed by atoms with Crippen LogP contribution in [0.3, 0.4) is 0 Å². The molecule has 0 saturated carbocycles. The molecule has 2 N–H and O–H groups in total. The van der Waals surface area contributed by atoms with Gasteiger partial charge in [-0.2, -0.15) is 0 Å². The summed E-state index contributed by atoms with van der Waals surface area (Å²) in [7, 11) is 0. The zero-order valence-corrected chi connectivity index (χ0v) is 11.6. The van der Waals surface area contributed by atoms with E-state index in [1.54, 1.807) is 12.3 Å². The number of nitrogen functional groups attached to an aromatic ring is 1. The van der Waals surface area contributed by atoms with Crippen molar-refractivity contribution in [1.82, 2.24) is 14.1 Å². The molecule has 2 aromatic heterocycles. The van der Waals surface area contributed by atoms with Gasteiger partial charge < -0.3 is 14.9 Å². The van der Waals surface area contributed by atoms with Crippen molar-refractivity contribution in [3.8, 4) is 0 Å². The van der Waals surface area contributed by atoms with Gasteiger partial charge in [0, 0.05) is 35.5 Å². The molecule has 3 aromatic rings. The van der Waals surface area contributed by atoms with Gasteiger partial charge >= 0.3 is 0 Å². The number of hydrogen-bond donors (Lipinski definition) is 1. The van der Waals surface area contributed by atoms with Gasteiger partial charge in [-0.15, -0.1) is 0 Å². The second-order valence-corrected chi connectivity index (χ2v) is 4.83. The van der Waals surface area contributed by atoms with Crippen molar-refractivity contribution in [2.24, 2.45) is 0 Å². The van der Waals surface area contributed by atoms with Crippen LogP contribution in [0.15, 0.2) is 41.5 Å². The number of hydrogen-bond acceptors (Lipinski definition) is 3. The average molecular weight is 286 g/mol. The van der Waals surface area contributed by atoms with Crippen LogP contribution in [-0.2, 0) is 13.1 Å². The fourth-order valence-corrected chi connectivity index (χ4v) is 2.57. The lowest BCUT2D eigenvalue weighted by Gasteiger charge is -2.10. The molecule has 108 valence electrons. The Morgan fingerprint density at radius 1 is 1.33 bits per heavy atom. The molecule has 0 saturated heterocycles. The lowest BCUT2D eigenvalue weighted by atomic mass is 10.2. The van der Waals surface area contributed by atoms with Gasteiger partial charge in [0.1, 0.15) is 5.82 Å². The molecule has 21 heavy (non-hydrogen) atoms. The third-order valence-corrected chi connectivity index (χ3v) is 3.54. The molecule has 5 nitrogen and oxygen atoms in total. The Hall–Kier alpha value is -2.63. The van der Waals surface area contributed by atoms with Crippen molar-refractivity contribution < 1.29 is 4.39 Å². The minimum Gasteiger partial charge on any atom is -0.379 e. The third kappa shape index (κ3) is 2.29. The lowest BCUT2D eigenvalue weighted by molar-refractivity contribution is 0.629. The highest BCUT2D eigenvalue weighted by Crippen LogP contribution is 2.21. The van der Waals surface area contributed by atoms with Crippen LogP contribution in [0.2, 0.25) is 0 Å². The molecule has 0 aliphatic heterocycles. The Bertz CT molecular complexity index is 866. The number of fused-ring (bicyclic) bond motifs is 1. The average Bonchev–Trinajstić information content (AvgIpc) is 2.80. The van der Waals surface area contributed by atoms with Crippen molar-refractivity contribution in [1.29, 1.82) is 0 Å². The van der Waals surface area contributed by atoms with Crippen LogP contribution in [0.1, 0.15) is 12.6 Å². The number of halogens is 1. The summed E-state index contributed by atoms with van der Waals surface area (Å²) < 4.78 is 16.9. The van der Waals surface area contributed by atoms with Gasteiger partial charge in [-0.3, -0.25) is 4.79 Å².